The fourth-order valence-corrected chi connectivity index (χ4v) is 5.67. The van der Waals surface area contributed by atoms with E-state index in [2.05, 4.69) is 26.7 Å². The Balaban J connectivity index is 1.99. The minimum absolute atomic E-state index is 0.0962. The van der Waals surface area contributed by atoms with Gasteiger partial charge in [0.15, 0.2) is 0 Å². The van der Waals surface area contributed by atoms with Crippen molar-refractivity contribution in [3.8, 4) is 17.6 Å². The molecule has 0 spiro atoms. The van der Waals surface area contributed by atoms with Gasteiger partial charge in [-0.25, -0.2) is 18.4 Å². The highest BCUT2D eigenvalue weighted by Crippen LogP contribution is 2.34. The highest BCUT2D eigenvalue weighted by atomic mass is 32.2. The Hall–Kier alpha value is -2.51. The number of sulfonamides is 1. The first-order valence-electron chi connectivity index (χ1n) is 11.5. The lowest BCUT2D eigenvalue weighted by Gasteiger charge is -2.37. The number of benzene rings is 1. The van der Waals surface area contributed by atoms with Gasteiger partial charge in [-0.1, -0.05) is 32.6 Å². The van der Waals surface area contributed by atoms with Crippen molar-refractivity contribution in [2.24, 2.45) is 11.8 Å². The van der Waals surface area contributed by atoms with E-state index >= 15 is 0 Å². The number of nitrogens with zero attached hydrogens (tertiary/aromatic N) is 4. The van der Waals surface area contributed by atoms with Gasteiger partial charge in [0.2, 0.25) is 10.0 Å². The SMILES string of the molecule is CC(C)C#Cc1ccc2c(c1)O[C@H](CN(C)Cc1cncnc1)[C@H](C)CN([C@H](C)CO)S2(=O)=O. The molecule has 1 aromatic heterocycles. The lowest BCUT2D eigenvalue weighted by atomic mass is 10.0. The van der Waals surface area contributed by atoms with Crippen LogP contribution in [0.2, 0.25) is 0 Å². The summed E-state index contributed by atoms with van der Waals surface area (Å²) in [6.45, 7) is 8.87. The Morgan fingerprint density at radius 1 is 1.26 bits per heavy atom. The van der Waals surface area contributed by atoms with Crippen LogP contribution in [0.5, 0.6) is 5.75 Å². The zero-order valence-electron chi connectivity index (χ0n) is 20.5. The summed E-state index contributed by atoms with van der Waals surface area (Å²) in [5.41, 5.74) is 1.68. The fourth-order valence-electron chi connectivity index (χ4n) is 3.84. The van der Waals surface area contributed by atoms with E-state index in [1.54, 1.807) is 37.5 Å². The normalized spacial score (nSPS) is 21.1. The largest absolute Gasteiger partial charge is 0.487 e. The van der Waals surface area contributed by atoms with Crippen molar-refractivity contribution >= 4 is 10.0 Å². The predicted octanol–water partition coefficient (Wildman–Crippen LogP) is 2.38. The van der Waals surface area contributed by atoms with Crippen LogP contribution in [0.4, 0.5) is 0 Å². The van der Waals surface area contributed by atoms with E-state index in [4.69, 9.17) is 4.74 Å². The topological polar surface area (TPSA) is 95.9 Å². The third-order valence-corrected chi connectivity index (χ3v) is 7.75. The second kappa shape index (κ2) is 11.3. The summed E-state index contributed by atoms with van der Waals surface area (Å²) < 4.78 is 34.9. The maximum absolute atomic E-state index is 13.5. The van der Waals surface area contributed by atoms with Crippen LogP contribution in [0.1, 0.15) is 38.8 Å². The summed E-state index contributed by atoms with van der Waals surface area (Å²) >= 11 is 0. The molecule has 0 fully saturated rings. The smallest absolute Gasteiger partial charge is 0.247 e. The molecule has 0 aliphatic carbocycles. The number of aromatic nitrogens is 2. The third kappa shape index (κ3) is 6.33. The summed E-state index contributed by atoms with van der Waals surface area (Å²) in [6.07, 6.45) is 4.76. The first-order chi connectivity index (χ1) is 16.1. The molecular formula is C25H34N4O4S. The van der Waals surface area contributed by atoms with Gasteiger partial charge in [0.25, 0.3) is 0 Å². The number of ether oxygens (including phenoxy) is 1. The average molecular weight is 487 g/mol. The Bertz CT molecular complexity index is 1130. The summed E-state index contributed by atoms with van der Waals surface area (Å²) in [4.78, 5) is 10.3. The van der Waals surface area contributed by atoms with Crippen LogP contribution in [0.3, 0.4) is 0 Å². The molecule has 3 rings (SSSR count). The number of hydrogen-bond acceptors (Lipinski definition) is 7. The Kier molecular flexibility index (Phi) is 8.66. The van der Waals surface area contributed by atoms with Crippen molar-refractivity contribution in [3.05, 3.63) is 48.0 Å². The zero-order chi connectivity index (χ0) is 24.9. The van der Waals surface area contributed by atoms with Crippen LogP contribution in [0.15, 0.2) is 41.8 Å². The summed E-state index contributed by atoms with van der Waals surface area (Å²) in [5, 5.41) is 9.78. The molecule has 2 heterocycles. The molecule has 1 aliphatic heterocycles. The third-order valence-electron chi connectivity index (χ3n) is 5.73. The predicted molar refractivity (Wildman–Crippen MR) is 131 cm³/mol. The number of fused-ring (bicyclic) bond motifs is 1. The molecule has 9 heteroatoms. The molecule has 1 N–H and O–H groups in total. The van der Waals surface area contributed by atoms with Gasteiger partial charge in [-0.2, -0.15) is 4.31 Å². The van der Waals surface area contributed by atoms with Crippen LogP contribution in [-0.4, -0.2) is 71.6 Å². The van der Waals surface area contributed by atoms with E-state index < -0.39 is 16.1 Å². The average Bonchev–Trinajstić information content (AvgIpc) is 2.80. The van der Waals surface area contributed by atoms with Crippen LogP contribution in [-0.2, 0) is 16.6 Å². The van der Waals surface area contributed by atoms with Crippen LogP contribution in [0.25, 0.3) is 0 Å². The van der Waals surface area contributed by atoms with Crippen LogP contribution in [0, 0.1) is 23.7 Å². The Labute approximate surface area is 203 Å². The highest BCUT2D eigenvalue weighted by Gasteiger charge is 2.38. The maximum atomic E-state index is 13.5. The van der Waals surface area contributed by atoms with Gasteiger partial charge in [-0.15, -0.1) is 0 Å². The summed E-state index contributed by atoms with van der Waals surface area (Å²) in [7, 11) is -1.88. The van der Waals surface area contributed by atoms with Crippen molar-refractivity contribution in [2.75, 3.05) is 26.7 Å². The Morgan fingerprint density at radius 2 is 1.97 bits per heavy atom. The second-order valence-electron chi connectivity index (χ2n) is 9.27. The molecular weight excluding hydrogens is 452 g/mol. The van der Waals surface area contributed by atoms with Gasteiger partial charge in [0.05, 0.1) is 6.61 Å². The van der Waals surface area contributed by atoms with Gasteiger partial charge in [-0.05, 0) is 32.2 Å². The summed E-state index contributed by atoms with van der Waals surface area (Å²) in [6, 6.07) is 4.42. The van der Waals surface area contributed by atoms with Gasteiger partial charge in [0, 0.05) is 61.0 Å². The number of aliphatic hydroxyl groups excluding tert-OH is 1. The molecule has 3 atom stereocenters. The van der Waals surface area contributed by atoms with Crippen LogP contribution >= 0.6 is 0 Å². The molecule has 0 bridgehead atoms. The highest BCUT2D eigenvalue weighted by molar-refractivity contribution is 7.89. The number of likely N-dealkylation sites (N-methyl/N-ethyl adjacent to an activating group) is 1. The van der Waals surface area contributed by atoms with Gasteiger partial charge < -0.3 is 9.84 Å². The van der Waals surface area contributed by atoms with Crippen molar-refractivity contribution in [3.63, 3.8) is 0 Å². The van der Waals surface area contributed by atoms with Crippen molar-refractivity contribution in [2.45, 2.75) is 51.3 Å². The number of rotatable bonds is 6. The van der Waals surface area contributed by atoms with E-state index in [0.717, 1.165) is 5.56 Å². The van der Waals surface area contributed by atoms with Crippen molar-refractivity contribution in [1.82, 2.24) is 19.2 Å². The zero-order valence-corrected chi connectivity index (χ0v) is 21.3. The molecule has 0 amide bonds. The molecule has 1 aliphatic rings. The second-order valence-corrected chi connectivity index (χ2v) is 11.1. The van der Waals surface area contributed by atoms with Crippen LogP contribution < -0.4 is 4.74 Å². The standard InChI is InChI=1S/C25H34N4O4S/c1-18(2)6-7-21-8-9-25-23(10-21)33-24(15-28(5)14-22-11-26-17-27-12-22)19(3)13-29(20(4)16-30)34(25,31)32/h8-12,17-20,24,30H,13-16H2,1-5H3/t19-,20-,24-/m1/s1. The molecule has 0 radical (unpaired) electrons. The minimum atomic E-state index is -3.87. The Morgan fingerprint density at radius 3 is 2.62 bits per heavy atom. The molecule has 1 aromatic carbocycles. The maximum Gasteiger partial charge on any atom is 0.247 e. The quantitative estimate of drug-likeness (QED) is 0.627. The first kappa shape index (κ1) is 26.1. The molecule has 0 saturated carbocycles. The molecule has 2 aromatic rings. The first-order valence-corrected chi connectivity index (χ1v) is 12.9. The summed E-state index contributed by atoms with van der Waals surface area (Å²) in [5.74, 6) is 6.57. The van der Waals surface area contributed by atoms with Gasteiger partial charge >= 0.3 is 0 Å². The monoisotopic (exact) mass is 486 g/mol. The van der Waals surface area contributed by atoms with E-state index in [0.29, 0.717) is 24.4 Å². The fraction of sp³-hybridized carbons (Fsp3) is 0.520. The molecule has 0 unspecified atom stereocenters. The molecule has 34 heavy (non-hydrogen) atoms. The lowest BCUT2D eigenvalue weighted by molar-refractivity contribution is 0.0733. The van der Waals surface area contributed by atoms with E-state index in [-0.39, 0.29) is 36.0 Å². The molecule has 0 saturated heterocycles. The van der Waals surface area contributed by atoms with Crippen molar-refractivity contribution in [1.29, 1.82) is 0 Å². The number of hydrogen-bond donors (Lipinski definition) is 1. The molecule has 184 valence electrons. The lowest BCUT2D eigenvalue weighted by Crippen LogP contribution is -2.49. The van der Waals surface area contributed by atoms with Crippen molar-refractivity contribution < 1.29 is 18.3 Å². The number of aliphatic hydroxyl groups is 1. The van der Waals surface area contributed by atoms with E-state index in [9.17, 15) is 13.5 Å². The van der Waals surface area contributed by atoms with Gasteiger partial charge in [0.1, 0.15) is 23.1 Å². The molecule has 8 nitrogen and oxygen atoms in total. The van der Waals surface area contributed by atoms with Gasteiger partial charge in [-0.3, -0.25) is 4.90 Å². The van der Waals surface area contributed by atoms with E-state index in [1.165, 1.54) is 10.6 Å². The van der Waals surface area contributed by atoms with E-state index in [1.807, 2.05) is 27.8 Å². The minimum Gasteiger partial charge on any atom is -0.487 e.